The first-order valence-electron chi connectivity index (χ1n) is 7.81. The van der Waals surface area contributed by atoms with E-state index in [1.807, 2.05) is 6.07 Å². The van der Waals surface area contributed by atoms with Crippen molar-refractivity contribution < 1.29 is 13.3 Å². The lowest BCUT2D eigenvalue weighted by Gasteiger charge is -2.35. The number of nitrogens with zero attached hydrogens (tertiary/aromatic N) is 3. The van der Waals surface area contributed by atoms with Crippen molar-refractivity contribution in [2.24, 2.45) is 0 Å². The maximum atomic E-state index is 12.9. The van der Waals surface area contributed by atoms with Crippen LogP contribution in [0.4, 0.5) is 5.69 Å². The molecule has 8 nitrogen and oxygen atoms in total. The fraction of sp³-hybridized carbons (Fsp3) is 0.312. The zero-order valence-corrected chi connectivity index (χ0v) is 14.2. The molecule has 1 aliphatic heterocycles. The topological polar surface area (TPSA) is 105 Å². The van der Waals surface area contributed by atoms with Crippen LogP contribution in [-0.2, 0) is 15.8 Å². The van der Waals surface area contributed by atoms with Gasteiger partial charge >= 0.3 is 0 Å². The van der Waals surface area contributed by atoms with Gasteiger partial charge in [-0.05, 0) is 17.2 Å². The van der Waals surface area contributed by atoms with E-state index in [-0.39, 0.29) is 17.5 Å². The molecular weight excluding hydrogens is 344 g/mol. The van der Waals surface area contributed by atoms with Crippen LogP contribution < -0.4 is 5.32 Å². The first-order chi connectivity index (χ1) is 12.0. The van der Waals surface area contributed by atoms with Gasteiger partial charge in [0.15, 0.2) is 0 Å². The second-order valence-corrected chi connectivity index (χ2v) is 7.72. The van der Waals surface area contributed by atoms with Crippen molar-refractivity contribution in [2.75, 3.05) is 19.6 Å². The minimum atomic E-state index is -3.57. The molecule has 1 unspecified atom stereocenters. The van der Waals surface area contributed by atoms with Crippen LogP contribution in [0.1, 0.15) is 17.2 Å². The van der Waals surface area contributed by atoms with Gasteiger partial charge in [-0.25, -0.2) is 8.42 Å². The number of piperazine rings is 1. The second kappa shape index (κ2) is 7.26. The zero-order valence-electron chi connectivity index (χ0n) is 13.4. The summed E-state index contributed by atoms with van der Waals surface area (Å²) in [5.41, 5.74) is 1.30. The number of hydrogen-bond donors (Lipinski definition) is 1. The van der Waals surface area contributed by atoms with E-state index in [0.29, 0.717) is 25.2 Å². The third kappa shape index (κ3) is 4.01. The molecule has 25 heavy (non-hydrogen) atoms. The summed E-state index contributed by atoms with van der Waals surface area (Å²) < 4.78 is 27.3. The molecule has 2 heterocycles. The van der Waals surface area contributed by atoms with Gasteiger partial charge in [0.25, 0.3) is 5.69 Å². The Morgan fingerprint density at radius 2 is 2.04 bits per heavy atom. The highest BCUT2D eigenvalue weighted by Crippen LogP contribution is 2.26. The molecule has 1 atom stereocenters. The fourth-order valence-corrected chi connectivity index (χ4v) is 4.62. The average molecular weight is 362 g/mol. The number of nitro benzene ring substituents is 1. The van der Waals surface area contributed by atoms with Gasteiger partial charge in [0.1, 0.15) is 0 Å². The Kier molecular flexibility index (Phi) is 5.07. The SMILES string of the molecule is O=[N+]([O-])c1ccc(CS(=O)(=O)N2CCNCC2c2cccnc2)cc1. The van der Waals surface area contributed by atoms with Crippen molar-refractivity contribution in [1.82, 2.24) is 14.6 Å². The lowest BCUT2D eigenvalue weighted by Crippen LogP contribution is -2.48. The summed E-state index contributed by atoms with van der Waals surface area (Å²) in [4.78, 5) is 14.3. The van der Waals surface area contributed by atoms with Crippen molar-refractivity contribution >= 4 is 15.7 Å². The number of sulfonamides is 1. The summed E-state index contributed by atoms with van der Waals surface area (Å²) in [5.74, 6) is -0.193. The molecule has 132 valence electrons. The van der Waals surface area contributed by atoms with Crippen LogP contribution in [0.5, 0.6) is 0 Å². The van der Waals surface area contributed by atoms with E-state index in [1.165, 1.54) is 28.6 Å². The maximum absolute atomic E-state index is 12.9. The Labute approximate surface area is 145 Å². The summed E-state index contributed by atoms with van der Waals surface area (Å²) in [7, 11) is -3.57. The van der Waals surface area contributed by atoms with Crippen LogP contribution >= 0.6 is 0 Å². The maximum Gasteiger partial charge on any atom is 0.269 e. The van der Waals surface area contributed by atoms with Crippen molar-refractivity contribution in [3.05, 3.63) is 70.0 Å². The number of hydrogen-bond acceptors (Lipinski definition) is 6. The molecule has 1 saturated heterocycles. The molecule has 0 aliphatic carbocycles. The van der Waals surface area contributed by atoms with Gasteiger partial charge in [-0.15, -0.1) is 0 Å². The van der Waals surface area contributed by atoms with Crippen molar-refractivity contribution in [3.63, 3.8) is 0 Å². The second-order valence-electron chi connectivity index (χ2n) is 5.80. The first-order valence-corrected chi connectivity index (χ1v) is 9.42. The first kappa shape index (κ1) is 17.5. The highest BCUT2D eigenvalue weighted by Gasteiger charge is 2.33. The Morgan fingerprint density at radius 3 is 2.68 bits per heavy atom. The molecule has 1 aliphatic rings. The minimum Gasteiger partial charge on any atom is -0.313 e. The molecule has 2 aromatic rings. The number of non-ortho nitro benzene ring substituents is 1. The highest BCUT2D eigenvalue weighted by atomic mass is 32.2. The van der Waals surface area contributed by atoms with Gasteiger partial charge in [0.2, 0.25) is 10.0 Å². The van der Waals surface area contributed by atoms with E-state index in [2.05, 4.69) is 10.3 Å². The zero-order chi connectivity index (χ0) is 17.9. The summed E-state index contributed by atoms with van der Waals surface area (Å²) >= 11 is 0. The van der Waals surface area contributed by atoms with E-state index in [0.717, 1.165) is 5.56 Å². The molecule has 0 radical (unpaired) electrons. The molecule has 1 aromatic heterocycles. The summed E-state index contributed by atoms with van der Waals surface area (Å²) in [6.07, 6.45) is 3.32. The third-order valence-electron chi connectivity index (χ3n) is 4.12. The molecule has 1 aromatic carbocycles. The van der Waals surface area contributed by atoms with Crippen LogP contribution in [0.25, 0.3) is 0 Å². The van der Waals surface area contributed by atoms with Gasteiger partial charge in [0.05, 0.1) is 16.7 Å². The fourth-order valence-electron chi connectivity index (χ4n) is 2.88. The number of aromatic nitrogens is 1. The van der Waals surface area contributed by atoms with Gasteiger partial charge in [-0.1, -0.05) is 18.2 Å². The van der Waals surface area contributed by atoms with E-state index >= 15 is 0 Å². The normalized spacial score (nSPS) is 18.8. The number of nitrogens with one attached hydrogen (secondary N) is 1. The minimum absolute atomic E-state index is 0.0587. The lowest BCUT2D eigenvalue weighted by molar-refractivity contribution is -0.384. The molecule has 3 rings (SSSR count). The predicted octanol–water partition coefficient (Wildman–Crippen LogP) is 1.47. The quantitative estimate of drug-likeness (QED) is 0.638. The van der Waals surface area contributed by atoms with Gasteiger partial charge in [-0.2, -0.15) is 4.31 Å². The molecule has 0 saturated carbocycles. The number of rotatable bonds is 5. The van der Waals surface area contributed by atoms with Crippen molar-refractivity contribution in [3.8, 4) is 0 Å². The molecular formula is C16H18N4O4S. The number of pyridine rings is 1. The Morgan fingerprint density at radius 1 is 1.28 bits per heavy atom. The molecule has 0 spiro atoms. The summed E-state index contributed by atoms with van der Waals surface area (Å²) in [6, 6.07) is 8.94. The van der Waals surface area contributed by atoms with Crippen molar-refractivity contribution in [1.29, 1.82) is 0 Å². The van der Waals surface area contributed by atoms with Crippen LogP contribution in [0.2, 0.25) is 0 Å². The van der Waals surface area contributed by atoms with E-state index < -0.39 is 14.9 Å². The third-order valence-corrected chi connectivity index (χ3v) is 5.97. The highest BCUT2D eigenvalue weighted by molar-refractivity contribution is 7.88. The Balaban J connectivity index is 1.83. The van der Waals surface area contributed by atoms with Crippen LogP contribution in [0.3, 0.4) is 0 Å². The molecule has 1 N–H and O–H groups in total. The smallest absolute Gasteiger partial charge is 0.269 e. The molecule has 0 bridgehead atoms. The molecule has 1 fully saturated rings. The Hall–Kier alpha value is -2.36. The van der Waals surface area contributed by atoms with Gasteiger partial charge in [0, 0.05) is 44.2 Å². The molecule has 9 heteroatoms. The van der Waals surface area contributed by atoms with Gasteiger partial charge < -0.3 is 5.32 Å². The standard InChI is InChI=1S/C16H18N4O4S/c21-20(22)15-5-3-13(4-6-15)12-25(23,24)19-9-8-18-11-16(19)14-2-1-7-17-10-14/h1-7,10,16,18H,8-9,11-12H2. The average Bonchev–Trinajstić information content (AvgIpc) is 2.62. The number of nitro groups is 1. The van der Waals surface area contributed by atoms with E-state index in [4.69, 9.17) is 0 Å². The van der Waals surface area contributed by atoms with Crippen molar-refractivity contribution in [2.45, 2.75) is 11.8 Å². The monoisotopic (exact) mass is 362 g/mol. The number of benzene rings is 1. The largest absolute Gasteiger partial charge is 0.313 e. The van der Waals surface area contributed by atoms with E-state index in [1.54, 1.807) is 18.5 Å². The Bertz CT molecular complexity index is 840. The molecule has 0 amide bonds. The lowest BCUT2D eigenvalue weighted by atomic mass is 10.1. The predicted molar refractivity (Wildman–Crippen MR) is 92.3 cm³/mol. The van der Waals surface area contributed by atoms with E-state index in [9.17, 15) is 18.5 Å². The summed E-state index contributed by atoms with van der Waals surface area (Å²) in [6.45, 7) is 1.47. The summed E-state index contributed by atoms with van der Waals surface area (Å²) in [5, 5.41) is 13.9. The van der Waals surface area contributed by atoms with Crippen LogP contribution in [0.15, 0.2) is 48.8 Å². The van der Waals surface area contributed by atoms with Crippen LogP contribution in [-0.4, -0.2) is 42.3 Å². The van der Waals surface area contributed by atoms with Crippen LogP contribution in [0, 0.1) is 10.1 Å². The van der Waals surface area contributed by atoms with Gasteiger partial charge in [-0.3, -0.25) is 15.1 Å².